The maximum atomic E-state index is 11.9. The van der Waals surface area contributed by atoms with Crippen molar-refractivity contribution in [1.82, 2.24) is 0 Å². The molecule has 2 unspecified atom stereocenters. The molecule has 2 aliphatic rings. The lowest BCUT2D eigenvalue weighted by molar-refractivity contribution is 0.601. The predicted molar refractivity (Wildman–Crippen MR) is 92.8 cm³/mol. The number of thioether (sulfide) groups is 1. The molecule has 21 heavy (non-hydrogen) atoms. The van der Waals surface area contributed by atoms with Crippen LogP contribution in [0.1, 0.15) is 0 Å². The van der Waals surface area contributed by atoms with Gasteiger partial charge in [-0.05, 0) is 22.9 Å². The molecule has 6 heteroatoms. The first kappa shape index (κ1) is 13.5. The van der Waals surface area contributed by atoms with Crippen LogP contribution in [0.4, 0.5) is 5.69 Å². The lowest BCUT2D eigenvalue weighted by Crippen LogP contribution is -2.36. The van der Waals surface area contributed by atoms with Gasteiger partial charge in [-0.2, -0.15) is 0 Å². The quantitative estimate of drug-likeness (QED) is 0.749. The molecule has 3 nitrogen and oxygen atoms in total. The Hall–Kier alpha value is -1.11. The molecule has 2 aromatic rings. The van der Waals surface area contributed by atoms with E-state index in [1.807, 2.05) is 23.1 Å². The lowest BCUT2D eigenvalue weighted by atomic mass is 10.1. The second kappa shape index (κ2) is 4.69. The largest absolute Gasteiger partial charge is 0.322 e. The van der Waals surface area contributed by atoms with Crippen molar-refractivity contribution in [2.75, 3.05) is 16.4 Å². The number of sulfone groups is 1. The number of fused-ring (bicyclic) bond motifs is 2. The fourth-order valence-electron chi connectivity index (χ4n) is 3.10. The summed E-state index contributed by atoms with van der Waals surface area (Å²) in [7, 11) is -2.93. The predicted octanol–water partition coefficient (Wildman–Crippen LogP) is 2.84. The number of nitrogens with zero attached hydrogens (tertiary/aromatic N) is 1. The number of thiocarbonyl (C=S) groups is 1. The highest BCUT2D eigenvalue weighted by Crippen LogP contribution is 2.41. The minimum atomic E-state index is -2.93. The number of hydrogen-bond acceptors (Lipinski definition) is 4. The number of benzene rings is 2. The highest BCUT2D eigenvalue weighted by atomic mass is 32.2. The summed E-state index contributed by atoms with van der Waals surface area (Å²) in [6.07, 6.45) is 0. The van der Waals surface area contributed by atoms with E-state index in [0.717, 1.165) is 15.4 Å². The molecule has 0 aliphatic carbocycles. The van der Waals surface area contributed by atoms with Crippen molar-refractivity contribution in [3.8, 4) is 0 Å². The first-order chi connectivity index (χ1) is 10.0. The topological polar surface area (TPSA) is 37.4 Å². The second-order valence-electron chi connectivity index (χ2n) is 5.47. The number of hydrogen-bond donors (Lipinski definition) is 0. The fourth-order valence-corrected chi connectivity index (χ4v) is 7.47. The SMILES string of the molecule is O=S1(=O)CC2SC(=S)N(c3ccc4ccccc4c3)C2C1. The van der Waals surface area contributed by atoms with Crippen LogP contribution in [-0.4, -0.2) is 35.5 Å². The molecule has 2 fully saturated rings. The summed E-state index contributed by atoms with van der Waals surface area (Å²) >= 11 is 6.99. The molecule has 0 N–H and O–H groups in total. The fraction of sp³-hybridized carbons (Fsp3) is 0.267. The molecule has 0 spiro atoms. The van der Waals surface area contributed by atoms with Crippen molar-refractivity contribution in [3.05, 3.63) is 42.5 Å². The first-order valence-electron chi connectivity index (χ1n) is 6.73. The van der Waals surface area contributed by atoms with Crippen LogP contribution < -0.4 is 4.90 Å². The molecule has 0 aromatic heterocycles. The summed E-state index contributed by atoms with van der Waals surface area (Å²) in [5.41, 5.74) is 0.996. The smallest absolute Gasteiger partial charge is 0.153 e. The maximum absolute atomic E-state index is 11.9. The Bertz CT molecular complexity index is 847. The van der Waals surface area contributed by atoms with Crippen LogP contribution in [0.15, 0.2) is 42.5 Å². The Kier molecular flexibility index (Phi) is 3.03. The standard InChI is InChI=1S/C15H13NO2S3/c17-21(18)8-13-14(9-21)20-15(19)16(13)12-6-5-10-3-1-2-4-11(10)7-12/h1-7,13-14H,8-9H2. The third kappa shape index (κ3) is 2.25. The summed E-state index contributed by atoms with van der Waals surface area (Å²) in [4.78, 5) is 2.03. The summed E-state index contributed by atoms with van der Waals surface area (Å²) in [6.45, 7) is 0. The minimum absolute atomic E-state index is 0.0198. The Morgan fingerprint density at radius 2 is 1.86 bits per heavy atom. The van der Waals surface area contributed by atoms with Crippen molar-refractivity contribution in [2.45, 2.75) is 11.3 Å². The molecule has 0 bridgehead atoms. The highest BCUT2D eigenvalue weighted by molar-refractivity contribution is 8.24. The van der Waals surface area contributed by atoms with E-state index in [0.29, 0.717) is 0 Å². The second-order valence-corrected chi connectivity index (χ2v) is 9.49. The third-order valence-electron chi connectivity index (χ3n) is 4.06. The van der Waals surface area contributed by atoms with Gasteiger partial charge in [-0.3, -0.25) is 0 Å². The molecule has 2 saturated heterocycles. The maximum Gasteiger partial charge on any atom is 0.153 e. The number of anilines is 1. The summed E-state index contributed by atoms with van der Waals surface area (Å²) in [5.74, 6) is 0.449. The van der Waals surface area contributed by atoms with Crippen molar-refractivity contribution in [2.24, 2.45) is 0 Å². The molecule has 2 heterocycles. The van der Waals surface area contributed by atoms with Crippen LogP contribution in [0.25, 0.3) is 10.8 Å². The van der Waals surface area contributed by atoms with E-state index in [9.17, 15) is 8.42 Å². The zero-order chi connectivity index (χ0) is 14.6. The van der Waals surface area contributed by atoms with Crippen molar-refractivity contribution in [3.63, 3.8) is 0 Å². The monoisotopic (exact) mass is 335 g/mol. The van der Waals surface area contributed by atoms with Crippen LogP contribution in [0, 0.1) is 0 Å². The van der Waals surface area contributed by atoms with E-state index in [-0.39, 0.29) is 22.8 Å². The molecule has 108 valence electrons. The molecule has 0 radical (unpaired) electrons. The average molecular weight is 335 g/mol. The van der Waals surface area contributed by atoms with Gasteiger partial charge in [0.15, 0.2) is 9.84 Å². The van der Waals surface area contributed by atoms with Gasteiger partial charge in [-0.15, -0.1) is 0 Å². The summed E-state index contributed by atoms with van der Waals surface area (Å²) in [6, 6.07) is 14.3. The first-order valence-corrected chi connectivity index (χ1v) is 9.83. The average Bonchev–Trinajstić information content (AvgIpc) is 2.88. The van der Waals surface area contributed by atoms with Gasteiger partial charge in [-0.1, -0.05) is 54.3 Å². The molecule has 2 aromatic carbocycles. The van der Waals surface area contributed by atoms with Crippen molar-refractivity contribution < 1.29 is 8.42 Å². The van der Waals surface area contributed by atoms with Crippen LogP contribution in [-0.2, 0) is 9.84 Å². The zero-order valence-electron chi connectivity index (χ0n) is 11.1. The van der Waals surface area contributed by atoms with E-state index in [2.05, 4.69) is 24.3 Å². The molecule has 0 amide bonds. The highest BCUT2D eigenvalue weighted by Gasteiger charge is 2.48. The van der Waals surface area contributed by atoms with E-state index in [1.165, 1.54) is 17.1 Å². The molecule has 4 rings (SSSR count). The molecule has 2 atom stereocenters. The van der Waals surface area contributed by atoms with Gasteiger partial charge >= 0.3 is 0 Å². The normalized spacial score (nSPS) is 27.2. The van der Waals surface area contributed by atoms with E-state index >= 15 is 0 Å². The van der Waals surface area contributed by atoms with Crippen LogP contribution in [0.3, 0.4) is 0 Å². The Labute approximate surface area is 133 Å². The van der Waals surface area contributed by atoms with Crippen molar-refractivity contribution >= 4 is 54.6 Å². The van der Waals surface area contributed by atoms with E-state index in [1.54, 1.807) is 0 Å². The van der Waals surface area contributed by atoms with E-state index in [4.69, 9.17) is 12.2 Å². The van der Waals surface area contributed by atoms with Crippen LogP contribution in [0.5, 0.6) is 0 Å². The van der Waals surface area contributed by atoms with Crippen molar-refractivity contribution in [1.29, 1.82) is 0 Å². The van der Waals surface area contributed by atoms with Gasteiger partial charge in [0, 0.05) is 10.9 Å². The Balaban J connectivity index is 1.78. The summed E-state index contributed by atoms with van der Waals surface area (Å²) < 4.78 is 24.5. The van der Waals surface area contributed by atoms with Gasteiger partial charge in [0.2, 0.25) is 0 Å². The lowest BCUT2D eigenvalue weighted by Gasteiger charge is -2.24. The minimum Gasteiger partial charge on any atom is -0.322 e. The molecule has 0 saturated carbocycles. The Morgan fingerprint density at radius 1 is 1.10 bits per heavy atom. The van der Waals surface area contributed by atoms with Gasteiger partial charge in [0.1, 0.15) is 4.32 Å². The van der Waals surface area contributed by atoms with Gasteiger partial charge < -0.3 is 4.90 Å². The van der Waals surface area contributed by atoms with E-state index < -0.39 is 9.84 Å². The zero-order valence-corrected chi connectivity index (χ0v) is 13.5. The van der Waals surface area contributed by atoms with Gasteiger partial charge in [-0.25, -0.2) is 8.42 Å². The number of rotatable bonds is 1. The third-order valence-corrected chi connectivity index (χ3v) is 7.66. The van der Waals surface area contributed by atoms with Crippen LogP contribution in [0.2, 0.25) is 0 Å². The molecular formula is C15H13NO2S3. The van der Waals surface area contributed by atoms with Gasteiger partial charge in [0.25, 0.3) is 0 Å². The van der Waals surface area contributed by atoms with Crippen LogP contribution >= 0.6 is 24.0 Å². The Morgan fingerprint density at radius 3 is 2.67 bits per heavy atom. The van der Waals surface area contributed by atoms with Gasteiger partial charge in [0.05, 0.1) is 17.5 Å². The molecule has 2 aliphatic heterocycles. The molecular weight excluding hydrogens is 322 g/mol. The summed E-state index contributed by atoms with van der Waals surface area (Å²) in [5, 5.41) is 2.40.